The van der Waals surface area contributed by atoms with Gasteiger partial charge in [-0.2, -0.15) is 8.78 Å². The van der Waals surface area contributed by atoms with Crippen LogP contribution in [0.5, 0.6) is 5.75 Å². The van der Waals surface area contributed by atoms with E-state index in [0.29, 0.717) is 12.1 Å². The minimum atomic E-state index is -2.82. The number of aliphatic hydroxyl groups is 1. The highest BCUT2D eigenvalue weighted by Crippen LogP contribution is 2.19. The van der Waals surface area contributed by atoms with Gasteiger partial charge in [0, 0.05) is 18.2 Å². The molecule has 90 valence electrons. The standard InChI is InChI=1S/C11H15F2NO2/c1-8(7-15)14-6-9-4-2-3-5-10(9)16-11(12)13/h2-5,8,11,14-15H,6-7H2,1H3/t8-/m1/s1. The Labute approximate surface area is 93.0 Å². The molecule has 1 aromatic rings. The Morgan fingerprint density at radius 2 is 2.06 bits per heavy atom. The third-order valence-electron chi connectivity index (χ3n) is 2.10. The third-order valence-corrected chi connectivity index (χ3v) is 2.10. The van der Waals surface area contributed by atoms with Crippen LogP contribution in [0.4, 0.5) is 8.78 Å². The molecule has 0 unspecified atom stereocenters. The maximum absolute atomic E-state index is 12.1. The number of aliphatic hydroxyl groups excluding tert-OH is 1. The van der Waals surface area contributed by atoms with Crippen LogP contribution >= 0.6 is 0 Å². The molecule has 0 bridgehead atoms. The van der Waals surface area contributed by atoms with Gasteiger partial charge >= 0.3 is 6.61 Å². The van der Waals surface area contributed by atoms with E-state index in [1.807, 2.05) is 0 Å². The zero-order chi connectivity index (χ0) is 12.0. The number of para-hydroxylation sites is 1. The largest absolute Gasteiger partial charge is 0.434 e. The summed E-state index contributed by atoms with van der Waals surface area (Å²) < 4.78 is 28.5. The lowest BCUT2D eigenvalue weighted by molar-refractivity contribution is -0.0505. The minimum Gasteiger partial charge on any atom is -0.434 e. The van der Waals surface area contributed by atoms with E-state index in [1.54, 1.807) is 25.1 Å². The Kier molecular flexibility index (Phi) is 5.14. The summed E-state index contributed by atoms with van der Waals surface area (Å²) in [4.78, 5) is 0. The maximum Gasteiger partial charge on any atom is 0.387 e. The van der Waals surface area contributed by atoms with Crippen LogP contribution in [0.2, 0.25) is 0 Å². The Morgan fingerprint density at radius 1 is 1.38 bits per heavy atom. The van der Waals surface area contributed by atoms with Crippen molar-refractivity contribution in [1.82, 2.24) is 5.32 Å². The van der Waals surface area contributed by atoms with Gasteiger partial charge in [-0.05, 0) is 13.0 Å². The Balaban J connectivity index is 2.63. The van der Waals surface area contributed by atoms with Crippen LogP contribution < -0.4 is 10.1 Å². The average molecular weight is 231 g/mol. The molecule has 0 aliphatic carbocycles. The molecule has 0 aliphatic heterocycles. The summed E-state index contributed by atoms with van der Waals surface area (Å²) >= 11 is 0. The van der Waals surface area contributed by atoms with Gasteiger partial charge in [-0.1, -0.05) is 18.2 Å². The van der Waals surface area contributed by atoms with Crippen LogP contribution in [0.1, 0.15) is 12.5 Å². The van der Waals surface area contributed by atoms with Gasteiger partial charge in [0.25, 0.3) is 0 Å². The van der Waals surface area contributed by atoms with Crippen LogP contribution in [0.3, 0.4) is 0 Å². The normalized spacial score (nSPS) is 12.8. The van der Waals surface area contributed by atoms with E-state index >= 15 is 0 Å². The molecule has 0 amide bonds. The van der Waals surface area contributed by atoms with Crippen LogP contribution in [-0.4, -0.2) is 24.4 Å². The second-order valence-corrected chi connectivity index (χ2v) is 3.45. The highest BCUT2D eigenvalue weighted by molar-refractivity contribution is 5.33. The van der Waals surface area contributed by atoms with Crippen molar-refractivity contribution >= 4 is 0 Å². The first-order valence-corrected chi connectivity index (χ1v) is 5.00. The zero-order valence-corrected chi connectivity index (χ0v) is 8.99. The van der Waals surface area contributed by atoms with Crippen molar-refractivity contribution in [3.8, 4) is 5.75 Å². The molecule has 3 nitrogen and oxygen atoms in total. The molecule has 16 heavy (non-hydrogen) atoms. The van der Waals surface area contributed by atoms with E-state index in [4.69, 9.17) is 5.11 Å². The lowest BCUT2D eigenvalue weighted by Gasteiger charge is -2.14. The molecule has 5 heteroatoms. The zero-order valence-electron chi connectivity index (χ0n) is 8.99. The van der Waals surface area contributed by atoms with E-state index < -0.39 is 6.61 Å². The molecule has 0 fully saturated rings. The van der Waals surface area contributed by atoms with Crippen molar-refractivity contribution < 1.29 is 18.6 Å². The fourth-order valence-electron chi connectivity index (χ4n) is 1.21. The van der Waals surface area contributed by atoms with Crippen molar-refractivity contribution in [1.29, 1.82) is 0 Å². The molecule has 0 aromatic heterocycles. The predicted molar refractivity (Wildman–Crippen MR) is 56.5 cm³/mol. The monoisotopic (exact) mass is 231 g/mol. The van der Waals surface area contributed by atoms with Crippen molar-refractivity contribution in [2.75, 3.05) is 6.61 Å². The first kappa shape index (κ1) is 12.9. The van der Waals surface area contributed by atoms with Gasteiger partial charge in [-0.25, -0.2) is 0 Å². The van der Waals surface area contributed by atoms with Gasteiger partial charge in [-0.3, -0.25) is 0 Å². The molecule has 0 saturated carbocycles. The van der Waals surface area contributed by atoms with Crippen molar-refractivity contribution in [2.24, 2.45) is 0 Å². The van der Waals surface area contributed by atoms with E-state index in [-0.39, 0.29) is 18.4 Å². The first-order chi connectivity index (χ1) is 7.63. The summed E-state index contributed by atoms with van der Waals surface area (Å²) in [6.07, 6.45) is 0. The van der Waals surface area contributed by atoms with Gasteiger partial charge in [0.05, 0.1) is 6.61 Å². The summed E-state index contributed by atoms with van der Waals surface area (Å²) in [6.45, 7) is -0.643. The maximum atomic E-state index is 12.1. The lowest BCUT2D eigenvalue weighted by Crippen LogP contribution is -2.28. The lowest BCUT2D eigenvalue weighted by atomic mass is 10.2. The number of rotatable bonds is 6. The van der Waals surface area contributed by atoms with Crippen molar-refractivity contribution in [3.63, 3.8) is 0 Å². The van der Waals surface area contributed by atoms with E-state index in [2.05, 4.69) is 10.1 Å². The molecule has 1 rings (SSSR count). The smallest absolute Gasteiger partial charge is 0.387 e. The quantitative estimate of drug-likeness (QED) is 0.783. The Morgan fingerprint density at radius 3 is 2.69 bits per heavy atom. The van der Waals surface area contributed by atoms with E-state index in [0.717, 1.165) is 0 Å². The second kappa shape index (κ2) is 6.40. The highest BCUT2D eigenvalue weighted by Gasteiger charge is 2.09. The molecule has 0 heterocycles. The van der Waals surface area contributed by atoms with Crippen molar-refractivity contribution in [3.05, 3.63) is 29.8 Å². The van der Waals surface area contributed by atoms with Gasteiger partial charge in [-0.15, -0.1) is 0 Å². The second-order valence-electron chi connectivity index (χ2n) is 3.45. The fraction of sp³-hybridized carbons (Fsp3) is 0.455. The molecule has 0 spiro atoms. The molecule has 0 saturated heterocycles. The van der Waals surface area contributed by atoms with Gasteiger partial charge in [0.2, 0.25) is 0 Å². The van der Waals surface area contributed by atoms with Crippen molar-refractivity contribution in [2.45, 2.75) is 26.1 Å². The van der Waals surface area contributed by atoms with E-state index in [9.17, 15) is 8.78 Å². The number of halogens is 2. The molecular weight excluding hydrogens is 216 g/mol. The number of alkyl halides is 2. The van der Waals surface area contributed by atoms with Crippen LogP contribution in [0, 0.1) is 0 Å². The number of benzene rings is 1. The first-order valence-electron chi connectivity index (χ1n) is 5.00. The molecular formula is C11H15F2NO2. The van der Waals surface area contributed by atoms with Gasteiger partial charge in [0.1, 0.15) is 5.75 Å². The Bertz CT molecular complexity index is 321. The van der Waals surface area contributed by atoms with E-state index in [1.165, 1.54) is 6.07 Å². The minimum absolute atomic E-state index is 0.00211. The number of hydrogen-bond acceptors (Lipinski definition) is 3. The summed E-state index contributed by atoms with van der Waals surface area (Å²) in [7, 11) is 0. The SMILES string of the molecule is C[C@H](CO)NCc1ccccc1OC(F)F. The number of hydrogen-bond donors (Lipinski definition) is 2. The number of ether oxygens (including phenoxy) is 1. The summed E-state index contributed by atoms with van der Waals surface area (Å²) in [5.74, 6) is 0.162. The average Bonchev–Trinajstić information content (AvgIpc) is 2.26. The molecule has 0 aliphatic rings. The highest BCUT2D eigenvalue weighted by atomic mass is 19.3. The predicted octanol–water partition coefficient (Wildman–Crippen LogP) is 1.76. The van der Waals surface area contributed by atoms with Gasteiger partial charge < -0.3 is 15.2 Å². The summed E-state index contributed by atoms with van der Waals surface area (Å²) in [5, 5.41) is 11.8. The molecule has 1 aromatic carbocycles. The van der Waals surface area contributed by atoms with Crippen LogP contribution in [-0.2, 0) is 6.54 Å². The summed E-state index contributed by atoms with van der Waals surface area (Å²) in [6, 6.07) is 6.50. The number of nitrogens with one attached hydrogen (secondary N) is 1. The van der Waals surface area contributed by atoms with Crippen LogP contribution in [0.15, 0.2) is 24.3 Å². The molecule has 1 atom stereocenters. The fourth-order valence-corrected chi connectivity index (χ4v) is 1.21. The summed E-state index contributed by atoms with van der Waals surface area (Å²) in [5.41, 5.74) is 0.642. The Hall–Kier alpha value is -1.20. The molecule has 0 radical (unpaired) electrons. The topological polar surface area (TPSA) is 41.5 Å². The third kappa shape index (κ3) is 4.12. The van der Waals surface area contributed by atoms with Gasteiger partial charge in [0.15, 0.2) is 0 Å². The molecule has 2 N–H and O–H groups in total. The van der Waals surface area contributed by atoms with Crippen LogP contribution in [0.25, 0.3) is 0 Å².